The maximum atomic E-state index is 10.7. The summed E-state index contributed by atoms with van der Waals surface area (Å²) in [4.78, 5) is 14.7. The van der Waals surface area contributed by atoms with Gasteiger partial charge in [-0.15, -0.1) is 0 Å². The van der Waals surface area contributed by atoms with Gasteiger partial charge >= 0.3 is 5.97 Å². The molecule has 0 saturated carbocycles. The molecule has 0 unspecified atom stereocenters. The maximum absolute atomic E-state index is 10.7. The van der Waals surface area contributed by atoms with E-state index in [1.165, 1.54) is 12.3 Å². The summed E-state index contributed by atoms with van der Waals surface area (Å²) in [5.41, 5.74) is 1.15. The highest BCUT2D eigenvalue weighted by Crippen LogP contribution is 2.21. The van der Waals surface area contributed by atoms with Gasteiger partial charge in [-0.05, 0) is 36.2 Å². The van der Waals surface area contributed by atoms with E-state index in [1.54, 1.807) is 18.2 Å². The third-order valence-electron chi connectivity index (χ3n) is 2.73. The van der Waals surface area contributed by atoms with Crippen LogP contribution in [-0.2, 0) is 6.42 Å². The summed E-state index contributed by atoms with van der Waals surface area (Å²) in [5.74, 6) is -0.364. The van der Waals surface area contributed by atoms with Crippen LogP contribution in [0, 0.1) is 0 Å². The Morgan fingerprint density at radius 1 is 1.25 bits per heavy atom. The van der Waals surface area contributed by atoms with E-state index in [2.05, 4.69) is 10.3 Å². The van der Waals surface area contributed by atoms with Gasteiger partial charge in [-0.1, -0.05) is 29.3 Å². The van der Waals surface area contributed by atoms with Crippen LogP contribution in [0.2, 0.25) is 10.0 Å². The number of carboxylic acids is 1. The van der Waals surface area contributed by atoms with E-state index in [1.807, 2.05) is 6.07 Å². The van der Waals surface area contributed by atoms with Crippen LogP contribution >= 0.6 is 23.2 Å². The highest BCUT2D eigenvalue weighted by Gasteiger charge is 2.04. The van der Waals surface area contributed by atoms with Gasteiger partial charge in [0.2, 0.25) is 0 Å². The quantitative estimate of drug-likeness (QED) is 0.883. The van der Waals surface area contributed by atoms with Gasteiger partial charge in [0.05, 0.1) is 5.56 Å². The SMILES string of the molecule is O=C(O)c1ccc(NCCc2ccc(Cl)cc2Cl)nc1. The van der Waals surface area contributed by atoms with Crippen LogP contribution in [0.4, 0.5) is 5.82 Å². The average molecular weight is 311 g/mol. The van der Waals surface area contributed by atoms with Crippen molar-refractivity contribution >= 4 is 35.0 Å². The minimum Gasteiger partial charge on any atom is -0.478 e. The number of nitrogens with one attached hydrogen (secondary N) is 1. The number of carbonyl (C=O) groups is 1. The van der Waals surface area contributed by atoms with E-state index in [9.17, 15) is 4.79 Å². The number of pyridine rings is 1. The van der Waals surface area contributed by atoms with Crippen LogP contribution in [0.1, 0.15) is 15.9 Å². The first-order valence-electron chi connectivity index (χ1n) is 5.93. The normalized spacial score (nSPS) is 10.3. The lowest BCUT2D eigenvalue weighted by Crippen LogP contribution is -2.07. The first kappa shape index (κ1) is 14.6. The fraction of sp³-hybridized carbons (Fsp3) is 0.143. The van der Waals surface area contributed by atoms with Crippen molar-refractivity contribution in [2.24, 2.45) is 0 Å². The second-order valence-corrected chi connectivity index (χ2v) is 4.99. The van der Waals surface area contributed by atoms with Crippen LogP contribution in [0.5, 0.6) is 0 Å². The van der Waals surface area contributed by atoms with Gasteiger partial charge in [0, 0.05) is 22.8 Å². The second-order valence-electron chi connectivity index (χ2n) is 4.15. The molecule has 0 aliphatic heterocycles. The Bertz CT molecular complexity index is 615. The van der Waals surface area contributed by atoms with Gasteiger partial charge in [0.1, 0.15) is 5.82 Å². The van der Waals surface area contributed by atoms with Gasteiger partial charge in [0.25, 0.3) is 0 Å². The second kappa shape index (κ2) is 6.59. The molecule has 4 nitrogen and oxygen atoms in total. The molecule has 0 aliphatic rings. The van der Waals surface area contributed by atoms with Crippen molar-refractivity contribution in [3.05, 3.63) is 57.7 Å². The zero-order valence-electron chi connectivity index (χ0n) is 10.4. The van der Waals surface area contributed by atoms with Crippen LogP contribution in [-0.4, -0.2) is 22.6 Å². The maximum Gasteiger partial charge on any atom is 0.337 e. The fourth-order valence-electron chi connectivity index (χ4n) is 1.67. The standard InChI is InChI=1S/C14H12Cl2N2O2/c15-11-3-1-9(12(16)7-11)5-6-17-13-4-2-10(8-18-13)14(19)20/h1-4,7-8H,5-6H2,(H,17,18)(H,19,20). The van der Waals surface area contributed by atoms with Crippen molar-refractivity contribution in [2.45, 2.75) is 6.42 Å². The zero-order chi connectivity index (χ0) is 14.5. The molecule has 0 spiro atoms. The summed E-state index contributed by atoms with van der Waals surface area (Å²) in [6, 6.07) is 8.52. The lowest BCUT2D eigenvalue weighted by molar-refractivity contribution is 0.0696. The zero-order valence-corrected chi connectivity index (χ0v) is 11.9. The van der Waals surface area contributed by atoms with Crippen molar-refractivity contribution in [1.82, 2.24) is 4.98 Å². The van der Waals surface area contributed by atoms with Crippen molar-refractivity contribution in [1.29, 1.82) is 0 Å². The fourth-order valence-corrected chi connectivity index (χ4v) is 2.18. The van der Waals surface area contributed by atoms with Crippen LogP contribution in [0.25, 0.3) is 0 Å². The Morgan fingerprint density at radius 2 is 2.05 bits per heavy atom. The predicted molar refractivity (Wildman–Crippen MR) is 79.9 cm³/mol. The number of aromatic carboxylic acids is 1. The van der Waals surface area contributed by atoms with Crippen molar-refractivity contribution < 1.29 is 9.90 Å². The predicted octanol–water partition coefficient (Wildman–Crippen LogP) is 3.74. The Hall–Kier alpha value is -1.78. The molecule has 0 aliphatic carbocycles. The number of anilines is 1. The third kappa shape index (κ3) is 3.85. The topological polar surface area (TPSA) is 62.2 Å². The van der Waals surface area contributed by atoms with E-state index in [4.69, 9.17) is 28.3 Å². The smallest absolute Gasteiger partial charge is 0.337 e. The van der Waals surface area contributed by atoms with E-state index in [0.717, 1.165) is 12.0 Å². The molecule has 0 bridgehead atoms. The Kier molecular flexibility index (Phi) is 4.82. The molecule has 0 saturated heterocycles. The van der Waals surface area contributed by atoms with Crippen molar-refractivity contribution in [3.63, 3.8) is 0 Å². The van der Waals surface area contributed by atoms with Crippen molar-refractivity contribution in [2.75, 3.05) is 11.9 Å². The molecule has 0 amide bonds. The first-order valence-corrected chi connectivity index (χ1v) is 6.69. The Balaban J connectivity index is 1.91. The number of hydrogen-bond acceptors (Lipinski definition) is 3. The lowest BCUT2D eigenvalue weighted by Gasteiger charge is -2.07. The van der Waals surface area contributed by atoms with E-state index in [-0.39, 0.29) is 5.56 Å². The number of halogens is 2. The van der Waals surface area contributed by atoms with E-state index < -0.39 is 5.97 Å². The highest BCUT2D eigenvalue weighted by atomic mass is 35.5. The van der Waals surface area contributed by atoms with Gasteiger partial charge in [-0.25, -0.2) is 9.78 Å². The number of nitrogens with zero attached hydrogens (tertiary/aromatic N) is 1. The molecule has 104 valence electrons. The number of aromatic nitrogens is 1. The van der Waals surface area contributed by atoms with Gasteiger partial charge in [-0.2, -0.15) is 0 Å². The number of rotatable bonds is 5. The number of carboxylic acid groups (broad SMARTS) is 1. The molecule has 1 aromatic carbocycles. The summed E-state index contributed by atoms with van der Waals surface area (Å²) < 4.78 is 0. The van der Waals surface area contributed by atoms with E-state index in [0.29, 0.717) is 22.4 Å². The number of hydrogen-bond donors (Lipinski definition) is 2. The summed E-state index contributed by atoms with van der Waals surface area (Å²) in [6.45, 7) is 0.640. The molecular weight excluding hydrogens is 299 g/mol. The Morgan fingerprint density at radius 3 is 2.65 bits per heavy atom. The summed E-state index contributed by atoms with van der Waals surface area (Å²) in [7, 11) is 0. The van der Waals surface area contributed by atoms with Gasteiger partial charge in [0.15, 0.2) is 0 Å². The third-order valence-corrected chi connectivity index (χ3v) is 3.31. The molecule has 20 heavy (non-hydrogen) atoms. The molecule has 0 fully saturated rings. The molecule has 2 N–H and O–H groups in total. The van der Waals surface area contributed by atoms with E-state index >= 15 is 0 Å². The molecule has 1 heterocycles. The van der Waals surface area contributed by atoms with Gasteiger partial charge in [-0.3, -0.25) is 0 Å². The minimum atomic E-state index is -0.989. The Labute approximate surface area is 126 Å². The molecule has 2 rings (SSSR count). The first-order chi connectivity index (χ1) is 9.56. The number of benzene rings is 1. The minimum absolute atomic E-state index is 0.163. The molecule has 6 heteroatoms. The molecule has 0 atom stereocenters. The van der Waals surface area contributed by atoms with Crippen LogP contribution in [0.3, 0.4) is 0 Å². The van der Waals surface area contributed by atoms with Crippen LogP contribution in [0.15, 0.2) is 36.5 Å². The lowest BCUT2D eigenvalue weighted by atomic mass is 10.1. The molecule has 1 aromatic heterocycles. The molecule has 0 radical (unpaired) electrons. The summed E-state index contributed by atoms with van der Waals surface area (Å²) in [5, 5.41) is 13.1. The van der Waals surface area contributed by atoms with Crippen LogP contribution < -0.4 is 5.32 Å². The summed E-state index contributed by atoms with van der Waals surface area (Å²) >= 11 is 11.9. The molecular formula is C14H12Cl2N2O2. The average Bonchev–Trinajstić information content (AvgIpc) is 2.42. The monoisotopic (exact) mass is 310 g/mol. The largest absolute Gasteiger partial charge is 0.478 e. The summed E-state index contributed by atoms with van der Waals surface area (Å²) in [6.07, 6.45) is 2.04. The molecule has 2 aromatic rings. The highest BCUT2D eigenvalue weighted by molar-refractivity contribution is 6.35. The van der Waals surface area contributed by atoms with Crippen molar-refractivity contribution in [3.8, 4) is 0 Å². The van der Waals surface area contributed by atoms with Gasteiger partial charge < -0.3 is 10.4 Å².